The highest BCUT2D eigenvalue weighted by atomic mass is 32.2. The van der Waals surface area contributed by atoms with Crippen molar-refractivity contribution in [2.75, 3.05) is 12.4 Å². The maximum absolute atomic E-state index is 8.69. The lowest BCUT2D eigenvalue weighted by molar-refractivity contribution is 0.260. The third-order valence-corrected chi connectivity index (χ3v) is 3.84. The average molecular weight is 160 g/mol. The van der Waals surface area contributed by atoms with Crippen molar-refractivity contribution in [3.05, 3.63) is 0 Å². The zero-order valence-corrected chi connectivity index (χ0v) is 7.36. The Morgan fingerprint density at radius 1 is 1.70 bits per heavy atom. The summed E-state index contributed by atoms with van der Waals surface area (Å²) in [6.07, 6.45) is 3.73. The second kappa shape index (κ2) is 4.24. The molecule has 0 spiro atoms. The molecule has 1 rings (SSSR count). The van der Waals surface area contributed by atoms with Crippen LogP contribution in [0.3, 0.4) is 0 Å². The average Bonchev–Trinajstić information content (AvgIpc) is 2.38. The van der Waals surface area contributed by atoms with E-state index in [9.17, 15) is 0 Å². The Bertz CT molecular complexity index is 89.3. The van der Waals surface area contributed by atoms with Gasteiger partial charge >= 0.3 is 0 Å². The van der Waals surface area contributed by atoms with Crippen molar-refractivity contribution in [1.29, 1.82) is 0 Å². The summed E-state index contributed by atoms with van der Waals surface area (Å²) in [7, 11) is 0. The highest BCUT2D eigenvalue weighted by Gasteiger charge is 2.21. The SMILES string of the molecule is CC(CCO)C1CCCS1. The molecule has 0 aliphatic carbocycles. The van der Waals surface area contributed by atoms with Gasteiger partial charge in [-0.3, -0.25) is 0 Å². The van der Waals surface area contributed by atoms with Crippen molar-refractivity contribution in [3.63, 3.8) is 0 Å². The second-order valence-corrected chi connectivity index (χ2v) is 4.39. The molecule has 0 aromatic carbocycles. The topological polar surface area (TPSA) is 20.2 Å². The Morgan fingerprint density at radius 3 is 3.00 bits per heavy atom. The van der Waals surface area contributed by atoms with Crippen LogP contribution in [0.2, 0.25) is 0 Å². The van der Waals surface area contributed by atoms with Gasteiger partial charge in [-0.1, -0.05) is 6.92 Å². The maximum Gasteiger partial charge on any atom is 0.0433 e. The van der Waals surface area contributed by atoms with Crippen molar-refractivity contribution < 1.29 is 5.11 Å². The first kappa shape index (κ1) is 8.41. The van der Waals surface area contributed by atoms with Gasteiger partial charge in [0.15, 0.2) is 0 Å². The van der Waals surface area contributed by atoms with E-state index < -0.39 is 0 Å². The molecule has 10 heavy (non-hydrogen) atoms. The molecule has 1 saturated heterocycles. The maximum atomic E-state index is 8.69. The number of hydrogen-bond acceptors (Lipinski definition) is 2. The fourth-order valence-electron chi connectivity index (χ4n) is 1.44. The van der Waals surface area contributed by atoms with E-state index in [1.54, 1.807) is 0 Å². The standard InChI is InChI=1S/C8H16OS/c1-7(4-5-9)8-3-2-6-10-8/h7-9H,2-6H2,1H3. The Morgan fingerprint density at radius 2 is 2.50 bits per heavy atom. The first-order valence-electron chi connectivity index (χ1n) is 4.07. The van der Waals surface area contributed by atoms with Crippen molar-refractivity contribution in [2.45, 2.75) is 31.4 Å². The molecule has 2 unspecified atom stereocenters. The third-order valence-electron chi connectivity index (χ3n) is 2.18. The molecule has 0 saturated carbocycles. The van der Waals surface area contributed by atoms with Crippen LogP contribution < -0.4 is 0 Å². The zero-order chi connectivity index (χ0) is 7.40. The van der Waals surface area contributed by atoms with Gasteiger partial charge in [0, 0.05) is 11.9 Å². The van der Waals surface area contributed by atoms with Crippen molar-refractivity contribution >= 4 is 11.8 Å². The fourth-order valence-corrected chi connectivity index (χ4v) is 2.87. The lowest BCUT2D eigenvalue weighted by atomic mass is 10.0. The van der Waals surface area contributed by atoms with Crippen LogP contribution in [-0.2, 0) is 0 Å². The highest BCUT2D eigenvalue weighted by molar-refractivity contribution is 8.00. The summed E-state index contributed by atoms with van der Waals surface area (Å²) in [5.74, 6) is 2.05. The molecule has 1 aliphatic heterocycles. The van der Waals surface area contributed by atoms with Crippen molar-refractivity contribution in [1.82, 2.24) is 0 Å². The Kier molecular flexibility index (Phi) is 3.57. The molecule has 1 nitrogen and oxygen atoms in total. The number of thioether (sulfide) groups is 1. The predicted octanol–water partition coefficient (Wildman–Crippen LogP) is 1.90. The van der Waals surface area contributed by atoms with Crippen molar-refractivity contribution in [3.8, 4) is 0 Å². The molecule has 2 heteroatoms. The molecule has 1 fully saturated rings. The molecule has 0 aromatic rings. The van der Waals surface area contributed by atoms with Crippen LogP contribution in [0.1, 0.15) is 26.2 Å². The lowest BCUT2D eigenvalue weighted by Gasteiger charge is -2.15. The molecule has 1 aliphatic rings. The second-order valence-electron chi connectivity index (χ2n) is 3.04. The summed E-state index contributed by atoms with van der Waals surface area (Å²) in [5, 5.41) is 9.53. The van der Waals surface area contributed by atoms with E-state index in [0.717, 1.165) is 17.6 Å². The van der Waals surface area contributed by atoms with Gasteiger partial charge < -0.3 is 5.11 Å². The van der Waals surface area contributed by atoms with E-state index in [4.69, 9.17) is 5.11 Å². The van der Waals surface area contributed by atoms with E-state index in [0.29, 0.717) is 6.61 Å². The first-order chi connectivity index (χ1) is 4.84. The Labute approximate surface area is 67.2 Å². The monoisotopic (exact) mass is 160 g/mol. The summed E-state index contributed by atoms with van der Waals surface area (Å²) >= 11 is 2.08. The third kappa shape index (κ3) is 2.17. The molecule has 0 aromatic heterocycles. The van der Waals surface area contributed by atoms with Crippen LogP contribution in [-0.4, -0.2) is 22.7 Å². The summed E-state index contributed by atoms with van der Waals surface area (Å²) in [6, 6.07) is 0. The minimum absolute atomic E-state index is 0.359. The number of aliphatic hydroxyl groups is 1. The summed E-state index contributed by atoms with van der Waals surface area (Å²) in [5.41, 5.74) is 0. The van der Waals surface area contributed by atoms with Gasteiger partial charge in [0.05, 0.1) is 0 Å². The Balaban J connectivity index is 2.18. The van der Waals surface area contributed by atoms with Gasteiger partial charge in [-0.25, -0.2) is 0 Å². The zero-order valence-electron chi connectivity index (χ0n) is 6.55. The van der Waals surface area contributed by atoms with Gasteiger partial charge in [0.25, 0.3) is 0 Å². The van der Waals surface area contributed by atoms with Crippen LogP contribution >= 0.6 is 11.8 Å². The van der Waals surface area contributed by atoms with E-state index in [-0.39, 0.29) is 0 Å². The van der Waals surface area contributed by atoms with E-state index in [2.05, 4.69) is 18.7 Å². The smallest absolute Gasteiger partial charge is 0.0433 e. The number of aliphatic hydroxyl groups excluding tert-OH is 1. The van der Waals surface area contributed by atoms with Crippen LogP contribution in [0.25, 0.3) is 0 Å². The normalized spacial score (nSPS) is 28.8. The van der Waals surface area contributed by atoms with Crippen LogP contribution in [0.5, 0.6) is 0 Å². The molecule has 1 N–H and O–H groups in total. The van der Waals surface area contributed by atoms with E-state index in [1.807, 2.05) is 0 Å². The van der Waals surface area contributed by atoms with Crippen LogP contribution in [0, 0.1) is 5.92 Å². The first-order valence-corrected chi connectivity index (χ1v) is 5.12. The molecule has 2 atom stereocenters. The van der Waals surface area contributed by atoms with Gasteiger partial charge in [-0.05, 0) is 30.9 Å². The lowest BCUT2D eigenvalue weighted by Crippen LogP contribution is -2.11. The quantitative estimate of drug-likeness (QED) is 0.680. The largest absolute Gasteiger partial charge is 0.396 e. The molecule has 60 valence electrons. The predicted molar refractivity (Wildman–Crippen MR) is 46.3 cm³/mol. The van der Waals surface area contributed by atoms with Crippen LogP contribution in [0.4, 0.5) is 0 Å². The van der Waals surface area contributed by atoms with Gasteiger partial charge in [-0.15, -0.1) is 0 Å². The highest BCUT2D eigenvalue weighted by Crippen LogP contribution is 2.32. The molecule has 0 amide bonds. The number of hydrogen-bond donors (Lipinski definition) is 1. The molecule has 1 heterocycles. The molecular formula is C8H16OS. The van der Waals surface area contributed by atoms with Gasteiger partial charge in [-0.2, -0.15) is 11.8 Å². The number of rotatable bonds is 3. The van der Waals surface area contributed by atoms with Crippen molar-refractivity contribution in [2.24, 2.45) is 5.92 Å². The molecular weight excluding hydrogens is 144 g/mol. The van der Waals surface area contributed by atoms with E-state index in [1.165, 1.54) is 18.6 Å². The summed E-state index contributed by atoms with van der Waals surface area (Å²) in [6.45, 7) is 2.61. The van der Waals surface area contributed by atoms with Crippen LogP contribution in [0.15, 0.2) is 0 Å². The Hall–Kier alpha value is 0.310. The van der Waals surface area contributed by atoms with E-state index >= 15 is 0 Å². The minimum Gasteiger partial charge on any atom is -0.396 e. The molecule has 0 radical (unpaired) electrons. The minimum atomic E-state index is 0.359. The molecule has 0 bridgehead atoms. The van der Waals surface area contributed by atoms with Gasteiger partial charge in [0.1, 0.15) is 0 Å². The fraction of sp³-hybridized carbons (Fsp3) is 1.00. The summed E-state index contributed by atoms with van der Waals surface area (Å²) in [4.78, 5) is 0. The van der Waals surface area contributed by atoms with Gasteiger partial charge in [0.2, 0.25) is 0 Å². The summed E-state index contributed by atoms with van der Waals surface area (Å²) < 4.78 is 0.